The van der Waals surface area contributed by atoms with Crippen LogP contribution in [0.1, 0.15) is 51.6 Å². The van der Waals surface area contributed by atoms with E-state index >= 15 is 0 Å². The number of nitrogens with one attached hydrogen (secondary N) is 1. The van der Waals surface area contributed by atoms with Gasteiger partial charge in [0.25, 0.3) is 0 Å². The molecule has 0 saturated carbocycles. The van der Waals surface area contributed by atoms with Crippen molar-refractivity contribution in [3.63, 3.8) is 0 Å². The minimum atomic E-state index is -0.0335. The predicted molar refractivity (Wildman–Crippen MR) is 89.7 cm³/mol. The number of nitrogens with two attached hydrogens (primary N) is 1. The topological polar surface area (TPSA) is 85.8 Å². The molecule has 2 rings (SSSR count). The van der Waals surface area contributed by atoms with Crippen molar-refractivity contribution in [1.29, 1.82) is 0 Å². The molecule has 0 atom stereocenters. The van der Waals surface area contributed by atoms with Crippen molar-refractivity contribution in [2.24, 2.45) is 0 Å². The van der Waals surface area contributed by atoms with Crippen LogP contribution in [0.25, 0.3) is 11.0 Å². The Labute approximate surface area is 131 Å². The highest BCUT2D eigenvalue weighted by molar-refractivity contribution is 6.02. The van der Waals surface area contributed by atoms with Gasteiger partial charge in [-0.2, -0.15) is 5.10 Å². The van der Waals surface area contributed by atoms with Gasteiger partial charge in [0.05, 0.1) is 28.7 Å². The lowest BCUT2D eigenvalue weighted by Gasteiger charge is -2.12. The van der Waals surface area contributed by atoms with Crippen LogP contribution in [-0.2, 0) is 11.3 Å². The van der Waals surface area contributed by atoms with E-state index < -0.39 is 0 Å². The van der Waals surface area contributed by atoms with Crippen LogP contribution in [0.3, 0.4) is 0 Å². The Kier molecular flexibility index (Phi) is 5.35. The number of aryl methyl sites for hydroxylation is 2. The van der Waals surface area contributed by atoms with Gasteiger partial charge >= 0.3 is 0 Å². The molecule has 6 nitrogen and oxygen atoms in total. The fourth-order valence-corrected chi connectivity index (χ4v) is 2.49. The van der Waals surface area contributed by atoms with E-state index in [4.69, 9.17) is 5.73 Å². The number of hydrogen-bond donors (Lipinski definition) is 2. The first-order valence-electron chi connectivity index (χ1n) is 7.99. The molecule has 0 aliphatic heterocycles. The molecule has 0 saturated heterocycles. The quantitative estimate of drug-likeness (QED) is 0.769. The molecule has 2 heterocycles. The number of unbranched alkanes of at least 4 members (excludes halogenated alkanes) is 2. The minimum Gasteiger partial charge on any atom is -0.396 e. The number of carbonyl (C=O) groups excluding carboxylic acids is 1. The van der Waals surface area contributed by atoms with Crippen molar-refractivity contribution >= 4 is 28.3 Å². The van der Waals surface area contributed by atoms with E-state index in [1.54, 1.807) is 6.20 Å². The zero-order valence-electron chi connectivity index (χ0n) is 13.6. The summed E-state index contributed by atoms with van der Waals surface area (Å²) in [5.74, 6) is -0.0335. The predicted octanol–water partition coefficient (Wildman–Crippen LogP) is 3.25. The van der Waals surface area contributed by atoms with E-state index in [0.29, 0.717) is 17.8 Å². The second kappa shape index (κ2) is 7.24. The Balaban J connectivity index is 2.32. The van der Waals surface area contributed by atoms with Gasteiger partial charge in [0.1, 0.15) is 0 Å². The number of aromatic nitrogens is 3. The highest BCUT2D eigenvalue weighted by Crippen LogP contribution is 2.30. The standard InChI is InChI=1S/C16H25N5O/c1-4-6-7-9-21-16-12(10-18-21)14(17)15(11(3)19-16)20-13(22)8-5-2/h10H,4-9H2,1-3H3,(H2,17,19)(H,20,22). The van der Waals surface area contributed by atoms with Gasteiger partial charge in [-0.25, -0.2) is 9.67 Å². The fourth-order valence-electron chi connectivity index (χ4n) is 2.49. The lowest BCUT2D eigenvalue weighted by Crippen LogP contribution is -2.14. The monoisotopic (exact) mass is 303 g/mol. The largest absolute Gasteiger partial charge is 0.396 e. The number of rotatable bonds is 7. The summed E-state index contributed by atoms with van der Waals surface area (Å²) in [5.41, 5.74) is 8.90. The molecule has 22 heavy (non-hydrogen) atoms. The van der Waals surface area contributed by atoms with Crippen molar-refractivity contribution in [1.82, 2.24) is 14.8 Å². The van der Waals surface area contributed by atoms with Crippen LogP contribution in [0.2, 0.25) is 0 Å². The Morgan fingerprint density at radius 3 is 2.77 bits per heavy atom. The van der Waals surface area contributed by atoms with Crippen LogP contribution in [-0.4, -0.2) is 20.7 Å². The molecule has 0 spiro atoms. The number of carbonyl (C=O) groups is 1. The summed E-state index contributed by atoms with van der Waals surface area (Å²) in [6, 6.07) is 0. The van der Waals surface area contributed by atoms with Crippen LogP contribution < -0.4 is 11.1 Å². The van der Waals surface area contributed by atoms with E-state index in [-0.39, 0.29) is 5.91 Å². The summed E-state index contributed by atoms with van der Waals surface area (Å²) in [6.45, 7) is 6.84. The van der Waals surface area contributed by atoms with Gasteiger partial charge < -0.3 is 11.1 Å². The van der Waals surface area contributed by atoms with Crippen molar-refractivity contribution in [3.8, 4) is 0 Å². The Morgan fingerprint density at radius 1 is 1.32 bits per heavy atom. The van der Waals surface area contributed by atoms with Crippen LogP contribution in [0.5, 0.6) is 0 Å². The summed E-state index contributed by atoms with van der Waals surface area (Å²) < 4.78 is 1.89. The number of nitrogens with zero attached hydrogens (tertiary/aromatic N) is 3. The number of nitrogen functional groups attached to an aromatic ring is 1. The maximum atomic E-state index is 11.8. The van der Waals surface area contributed by atoms with Gasteiger partial charge in [0, 0.05) is 13.0 Å². The first-order valence-corrected chi connectivity index (χ1v) is 7.99. The van der Waals surface area contributed by atoms with Crippen molar-refractivity contribution in [2.75, 3.05) is 11.1 Å². The summed E-state index contributed by atoms with van der Waals surface area (Å²) in [7, 11) is 0. The Morgan fingerprint density at radius 2 is 2.09 bits per heavy atom. The van der Waals surface area contributed by atoms with Gasteiger partial charge in [0.2, 0.25) is 5.91 Å². The number of fused-ring (bicyclic) bond motifs is 1. The van der Waals surface area contributed by atoms with E-state index in [1.807, 2.05) is 18.5 Å². The molecule has 2 aromatic heterocycles. The summed E-state index contributed by atoms with van der Waals surface area (Å²) in [5, 5.41) is 8.06. The fraction of sp³-hybridized carbons (Fsp3) is 0.562. The van der Waals surface area contributed by atoms with E-state index in [1.165, 1.54) is 12.8 Å². The molecular formula is C16H25N5O. The zero-order chi connectivity index (χ0) is 16.1. The first kappa shape index (κ1) is 16.3. The SMILES string of the molecule is CCCCCn1ncc2c(N)c(NC(=O)CCC)c(C)nc21. The van der Waals surface area contributed by atoms with Crippen molar-refractivity contribution in [3.05, 3.63) is 11.9 Å². The summed E-state index contributed by atoms with van der Waals surface area (Å²) in [4.78, 5) is 16.4. The van der Waals surface area contributed by atoms with Crippen LogP contribution in [0.15, 0.2) is 6.20 Å². The second-order valence-electron chi connectivity index (χ2n) is 5.60. The van der Waals surface area contributed by atoms with E-state index in [9.17, 15) is 4.79 Å². The lowest BCUT2D eigenvalue weighted by atomic mass is 10.2. The van der Waals surface area contributed by atoms with Crippen molar-refractivity contribution in [2.45, 2.75) is 59.4 Å². The molecule has 3 N–H and O–H groups in total. The number of anilines is 2. The third-order valence-electron chi connectivity index (χ3n) is 3.72. The van der Waals surface area contributed by atoms with Crippen LogP contribution in [0.4, 0.5) is 11.4 Å². The van der Waals surface area contributed by atoms with E-state index in [0.717, 1.165) is 36.1 Å². The van der Waals surface area contributed by atoms with Gasteiger partial charge in [-0.1, -0.05) is 26.7 Å². The minimum absolute atomic E-state index is 0.0335. The average molecular weight is 303 g/mol. The molecule has 0 aromatic carbocycles. The third kappa shape index (κ3) is 3.37. The first-order chi connectivity index (χ1) is 10.6. The molecule has 1 amide bonds. The molecule has 0 fully saturated rings. The maximum absolute atomic E-state index is 11.8. The Hall–Kier alpha value is -2.11. The van der Waals surface area contributed by atoms with Gasteiger partial charge in [0.15, 0.2) is 5.65 Å². The number of hydrogen-bond acceptors (Lipinski definition) is 4. The van der Waals surface area contributed by atoms with Crippen LogP contribution >= 0.6 is 0 Å². The molecule has 0 bridgehead atoms. The average Bonchev–Trinajstić information content (AvgIpc) is 2.87. The van der Waals surface area contributed by atoms with Crippen LogP contribution in [0, 0.1) is 6.92 Å². The van der Waals surface area contributed by atoms with Gasteiger partial charge in [-0.3, -0.25) is 4.79 Å². The zero-order valence-corrected chi connectivity index (χ0v) is 13.6. The van der Waals surface area contributed by atoms with Crippen molar-refractivity contribution < 1.29 is 4.79 Å². The number of amides is 1. The maximum Gasteiger partial charge on any atom is 0.224 e. The highest BCUT2D eigenvalue weighted by atomic mass is 16.1. The molecule has 120 valence electrons. The molecule has 0 aliphatic carbocycles. The van der Waals surface area contributed by atoms with E-state index in [2.05, 4.69) is 22.3 Å². The molecule has 2 aromatic rings. The molecule has 0 aliphatic rings. The lowest BCUT2D eigenvalue weighted by molar-refractivity contribution is -0.116. The normalized spacial score (nSPS) is 11.0. The smallest absolute Gasteiger partial charge is 0.224 e. The van der Waals surface area contributed by atoms with Gasteiger partial charge in [-0.15, -0.1) is 0 Å². The number of pyridine rings is 1. The summed E-state index contributed by atoms with van der Waals surface area (Å²) >= 11 is 0. The third-order valence-corrected chi connectivity index (χ3v) is 3.72. The highest BCUT2D eigenvalue weighted by Gasteiger charge is 2.15. The molecule has 0 radical (unpaired) electrons. The van der Waals surface area contributed by atoms with Gasteiger partial charge in [-0.05, 0) is 19.8 Å². The summed E-state index contributed by atoms with van der Waals surface area (Å²) in [6.07, 6.45) is 6.42. The molecule has 0 unspecified atom stereocenters. The molecule has 6 heteroatoms. The second-order valence-corrected chi connectivity index (χ2v) is 5.60. The molecular weight excluding hydrogens is 278 g/mol. The Bertz CT molecular complexity index is 662.